The van der Waals surface area contributed by atoms with Crippen LogP contribution in [0.15, 0.2) is 0 Å². The van der Waals surface area contributed by atoms with Gasteiger partial charge in [-0.25, -0.2) is 0 Å². The molecule has 0 aromatic rings. The summed E-state index contributed by atoms with van der Waals surface area (Å²) in [6.07, 6.45) is 5.79. The van der Waals surface area contributed by atoms with E-state index in [9.17, 15) is 5.26 Å². The Bertz CT molecular complexity index is 300. The Labute approximate surface area is 105 Å². The van der Waals surface area contributed by atoms with Gasteiger partial charge in [-0.15, -0.1) is 0 Å². The molecule has 0 bridgehead atoms. The molecule has 3 heteroatoms. The molecular weight excluding hydrogens is 210 g/mol. The lowest BCUT2D eigenvalue weighted by atomic mass is 9.94. The second-order valence-corrected chi connectivity index (χ2v) is 5.06. The molecule has 1 aliphatic rings. The summed E-state index contributed by atoms with van der Waals surface area (Å²) in [5.41, 5.74) is 0. The average Bonchev–Trinajstić information content (AvgIpc) is 2.60. The Balaban J connectivity index is 2.70. The first kappa shape index (κ1) is 14.0. The van der Waals surface area contributed by atoms with E-state index in [1.54, 1.807) is 0 Å². The maximum absolute atomic E-state index is 9.28. The number of hydrogen-bond acceptors (Lipinski definition) is 3. The molecule has 3 unspecified atom stereocenters. The Hall–Kier alpha value is -1.06. The minimum atomic E-state index is 0.0533. The molecule has 3 nitrogen and oxygen atoms in total. The van der Waals surface area contributed by atoms with Gasteiger partial charge in [0.05, 0.1) is 24.0 Å². The third kappa shape index (κ3) is 4.02. The molecule has 94 valence electrons. The number of nitrogens with zero attached hydrogens (tertiary/aromatic N) is 3. The van der Waals surface area contributed by atoms with Crippen LogP contribution in [0.25, 0.3) is 0 Å². The summed E-state index contributed by atoms with van der Waals surface area (Å²) in [7, 11) is 0. The van der Waals surface area contributed by atoms with Crippen molar-refractivity contribution in [2.75, 3.05) is 13.1 Å². The fourth-order valence-electron chi connectivity index (χ4n) is 2.77. The fraction of sp³-hybridized carbons (Fsp3) is 0.857. The van der Waals surface area contributed by atoms with Crippen molar-refractivity contribution >= 4 is 0 Å². The lowest BCUT2D eigenvalue weighted by molar-refractivity contribution is 0.151. The smallest absolute Gasteiger partial charge is 0.0672 e. The van der Waals surface area contributed by atoms with Crippen molar-refractivity contribution in [3.8, 4) is 12.1 Å². The first-order chi connectivity index (χ1) is 8.22. The van der Waals surface area contributed by atoms with Crippen molar-refractivity contribution in [1.82, 2.24) is 4.90 Å². The van der Waals surface area contributed by atoms with Crippen LogP contribution in [0.2, 0.25) is 0 Å². The zero-order valence-electron chi connectivity index (χ0n) is 11.0. The first-order valence-corrected chi connectivity index (χ1v) is 6.76. The highest BCUT2D eigenvalue weighted by Crippen LogP contribution is 2.27. The predicted octanol–water partition coefficient (Wildman–Crippen LogP) is 2.94. The van der Waals surface area contributed by atoms with Crippen LogP contribution in [-0.4, -0.2) is 24.0 Å². The maximum atomic E-state index is 9.28. The number of hydrogen-bond donors (Lipinski definition) is 0. The quantitative estimate of drug-likeness (QED) is 0.701. The Morgan fingerprint density at radius 2 is 1.94 bits per heavy atom. The SMILES string of the molecule is CCN(CC(C)C#N)C1CCCCCC1C#N. The Morgan fingerprint density at radius 1 is 1.24 bits per heavy atom. The summed E-state index contributed by atoms with van der Waals surface area (Å²) in [6, 6.07) is 5.13. The molecule has 0 aromatic carbocycles. The van der Waals surface area contributed by atoms with Crippen LogP contribution in [0.4, 0.5) is 0 Å². The van der Waals surface area contributed by atoms with Crippen molar-refractivity contribution < 1.29 is 0 Å². The molecule has 1 fully saturated rings. The van der Waals surface area contributed by atoms with Crippen LogP contribution in [0, 0.1) is 34.5 Å². The van der Waals surface area contributed by atoms with Gasteiger partial charge in [-0.3, -0.25) is 4.90 Å². The molecule has 0 spiro atoms. The standard InChI is InChI=1S/C14H23N3/c1-3-17(11-12(2)9-15)14-8-6-4-5-7-13(14)10-16/h12-14H,3-8,11H2,1-2H3. The largest absolute Gasteiger partial charge is 0.298 e. The van der Waals surface area contributed by atoms with Crippen molar-refractivity contribution in [3.05, 3.63) is 0 Å². The van der Waals surface area contributed by atoms with Gasteiger partial charge in [0.2, 0.25) is 0 Å². The van der Waals surface area contributed by atoms with E-state index in [-0.39, 0.29) is 11.8 Å². The molecule has 0 saturated heterocycles. The van der Waals surface area contributed by atoms with E-state index >= 15 is 0 Å². The molecule has 1 rings (SSSR count). The summed E-state index contributed by atoms with van der Waals surface area (Å²) < 4.78 is 0. The first-order valence-electron chi connectivity index (χ1n) is 6.76. The van der Waals surface area contributed by atoms with Crippen LogP contribution in [0.1, 0.15) is 46.0 Å². The minimum absolute atomic E-state index is 0.0533. The molecule has 0 aromatic heterocycles. The minimum Gasteiger partial charge on any atom is -0.298 e. The highest BCUT2D eigenvalue weighted by atomic mass is 15.2. The van der Waals surface area contributed by atoms with Crippen LogP contribution < -0.4 is 0 Å². The average molecular weight is 233 g/mol. The molecule has 0 aliphatic heterocycles. The lowest BCUT2D eigenvalue weighted by Gasteiger charge is -2.33. The van der Waals surface area contributed by atoms with E-state index in [1.807, 2.05) is 6.92 Å². The maximum Gasteiger partial charge on any atom is 0.0672 e. The van der Waals surface area contributed by atoms with Crippen molar-refractivity contribution in [2.45, 2.75) is 52.0 Å². The van der Waals surface area contributed by atoms with Crippen LogP contribution >= 0.6 is 0 Å². The zero-order valence-corrected chi connectivity index (χ0v) is 11.0. The highest BCUT2D eigenvalue weighted by molar-refractivity contribution is 4.95. The summed E-state index contributed by atoms with van der Waals surface area (Å²) in [5, 5.41) is 18.2. The Kier molecular flexibility index (Phi) is 6.01. The van der Waals surface area contributed by atoms with Gasteiger partial charge < -0.3 is 0 Å². The number of rotatable bonds is 4. The summed E-state index contributed by atoms with van der Waals surface area (Å²) in [4.78, 5) is 2.34. The normalized spacial score (nSPS) is 26.9. The third-order valence-corrected chi connectivity index (χ3v) is 3.75. The van der Waals surface area contributed by atoms with Gasteiger partial charge in [0, 0.05) is 12.6 Å². The second-order valence-electron chi connectivity index (χ2n) is 5.06. The van der Waals surface area contributed by atoms with Crippen molar-refractivity contribution in [3.63, 3.8) is 0 Å². The fourth-order valence-corrected chi connectivity index (χ4v) is 2.77. The van der Waals surface area contributed by atoms with Gasteiger partial charge in [0.25, 0.3) is 0 Å². The molecule has 1 aliphatic carbocycles. The molecule has 17 heavy (non-hydrogen) atoms. The van der Waals surface area contributed by atoms with E-state index < -0.39 is 0 Å². The molecule has 0 N–H and O–H groups in total. The van der Waals surface area contributed by atoms with E-state index in [2.05, 4.69) is 24.0 Å². The van der Waals surface area contributed by atoms with Gasteiger partial charge >= 0.3 is 0 Å². The lowest BCUT2D eigenvalue weighted by Crippen LogP contribution is -2.42. The van der Waals surface area contributed by atoms with E-state index in [4.69, 9.17) is 5.26 Å². The second kappa shape index (κ2) is 7.30. The Morgan fingerprint density at radius 3 is 2.53 bits per heavy atom. The summed E-state index contributed by atoms with van der Waals surface area (Å²) in [6.45, 7) is 5.83. The molecule has 1 saturated carbocycles. The van der Waals surface area contributed by atoms with E-state index in [0.717, 1.165) is 25.9 Å². The highest BCUT2D eigenvalue weighted by Gasteiger charge is 2.28. The summed E-state index contributed by atoms with van der Waals surface area (Å²) >= 11 is 0. The molecular formula is C14H23N3. The molecule has 3 atom stereocenters. The predicted molar refractivity (Wildman–Crippen MR) is 68.0 cm³/mol. The molecule has 0 amide bonds. The molecule has 0 radical (unpaired) electrons. The van der Waals surface area contributed by atoms with Gasteiger partial charge in [0.1, 0.15) is 0 Å². The topological polar surface area (TPSA) is 50.8 Å². The van der Waals surface area contributed by atoms with E-state index in [0.29, 0.717) is 6.04 Å². The van der Waals surface area contributed by atoms with Crippen LogP contribution in [-0.2, 0) is 0 Å². The zero-order chi connectivity index (χ0) is 12.7. The van der Waals surface area contributed by atoms with Crippen LogP contribution in [0.3, 0.4) is 0 Å². The number of nitriles is 2. The monoisotopic (exact) mass is 233 g/mol. The van der Waals surface area contributed by atoms with Crippen LogP contribution in [0.5, 0.6) is 0 Å². The van der Waals surface area contributed by atoms with Crippen molar-refractivity contribution in [1.29, 1.82) is 10.5 Å². The van der Waals surface area contributed by atoms with Gasteiger partial charge in [-0.05, 0) is 26.3 Å². The van der Waals surface area contributed by atoms with E-state index in [1.165, 1.54) is 19.3 Å². The third-order valence-electron chi connectivity index (χ3n) is 3.75. The van der Waals surface area contributed by atoms with Gasteiger partial charge in [0.15, 0.2) is 0 Å². The van der Waals surface area contributed by atoms with Crippen molar-refractivity contribution in [2.24, 2.45) is 11.8 Å². The summed E-state index contributed by atoms with van der Waals surface area (Å²) in [5.74, 6) is 0.209. The van der Waals surface area contributed by atoms with Gasteiger partial charge in [-0.1, -0.05) is 26.2 Å². The molecule has 0 heterocycles. The van der Waals surface area contributed by atoms with Gasteiger partial charge in [-0.2, -0.15) is 10.5 Å².